The summed E-state index contributed by atoms with van der Waals surface area (Å²) in [5.74, 6) is 2.00. The first-order valence-corrected chi connectivity index (χ1v) is 11.0. The molecule has 3 heterocycles. The van der Waals surface area contributed by atoms with E-state index in [0.717, 1.165) is 73.8 Å². The van der Waals surface area contributed by atoms with Gasteiger partial charge < -0.3 is 4.90 Å². The van der Waals surface area contributed by atoms with Crippen molar-refractivity contribution >= 4 is 16.9 Å². The third kappa shape index (κ3) is 3.55. The first-order chi connectivity index (χ1) is 15.3. The van der Waals surface area contributed by atoms with Crippen molar-refractivity contribution in [3.8, 4) is 11.4 Å². The van der Waals surface area contributed by atoms with Gasteiger partial charge >= 0.3 is 0 Å². The van der Waals surface area contributed by atoms with Crippen LogP contribution in [0.1, 0.15) is 23.2 Å². The molecule has 0 atom stereocenters. The molecule has 7 nitrogen and oxygen atoms in total. The van der Waals surface area contributed by atoms with Gasteiger partial charge in [-0.1, -0.05) is 36.4 Å². The fourth-order valence-corrected chi connectivity index (χ4v) is 4.69. The van der Waals surface area contributed by atoms with Crippen LogP contribution in [0.2, 0.25) is 0 Å². The molecular weight excluding hydrogens is 388 g/mol. The van der Waals surface area contributed by atoms with Crippen molar-refractivity contribution in [2.24, 2.45) is 0 Å². The van der Waals surface area contributed by atoms with Gasteiger partial charge in [0.1, 0.15) is 16.9 Å². The zero-order valence-electron chi connectivity index (χ0n) is 17.4. The number of aryl methyl sites for hydroxylation is 1. The van der Waals surface area contributed by atoms with E-state index in [9.17, 15) is 0 Å². The third-order valence-corrected chi connectivity index (χ3v) is 6.34. The number of nitrogens with zero attached hydrogens (tertiary/aromatic N) is 6. The van der Waals surface area contributed by atoms with Crippen LogP contribution in [0.4, 0.5) is 5.82 Å². The lowest BCUT2D eigenvalue weighted by atomic mass is 10.1. The number of hydrogen-bond donors (Lipinski definition) is 0. The van der Waals surface area contributed by atoms with Gasteiger partial charge in [-0.3, -0.25) is 4.90 Å². The van der Waals surface area contributed by atoms with Crippen molar-refractivity contribution in [2.75, 3.05) is 31.1 Å². The minimum Gasteiger partial charge on any atom is -0.354 e. The Morgan fingerprint density at radius 3 is 2.55 bits per heavy atom. The molecule has 7 heteroatoms. The molecule has 156 valence electrons. The molecule has 31 heavy (non-hydrogen) atoms. The topological polar surface area (TPSA) is 71.2 Å². The number of fused-ring (bicyclic) bond motifs is 2. The summed E-state index contributed by atoms with van der Waals surface area (Å²) in [6, 6.07) is 16.5. The molecule has 2 aliphatic rings. The Hall–Kier alpha value is -3.32. The first kappa shape index (κ1) is 18.4. The second-order valence-electron chi connectivity index (χ2n) is 8.37. The van der Waals surface area contributed by atoms with Crippen molar-refractivity contribution in [1.82, 2.24) is 25.2 Å². The van der Waals surface area contributed by atoms with E-state index < -0.39 is 0 Å². The zero-order chi connectivity index (χ0) is 20.6. The van der Waals surface area contributed by atoms with E-state index in [1.165, 1.54) is 23.2 Å². The van der Waals surface area contributed by atoms with E-state index in [1.54, 1.807) is 0 Å². The Labute approximate surface area is 180 Å². The smallest absolute Gasteiger partial charge is 0.161 e. The molecular formula is C24H24N6O. The number of piperazine rings is 1. The van der Waals surface area contributed by atoms with Crippen molar-refractivity contribution in [3.05, 3.63) is 65.4 Å². The monoisotopic (exact) mass is 412 g/mol. The van der Waals surface area contributed by atoms with E-state index >= 15 is 0 Å². The van der Waals surface area contributed by atoms with Crippen LogP contribution >= 0.6 is 0 Å². The summed E-state index contributed by atoms with van der Waals surface area (Å²) in [5, 5.41) is 7.85. The van der Waals surface area contributed by atoms with Crippen molar-refractivity contribution in [2.45, 2.75) is 25.8 Å². The summed E-state index contributed by atoms with van der Waals surface area (Å²) in [4.78, 5) is 14.9. The predicted molar refractivity (Wildman–Crippen MR) is 119 cm³/mol. The normalized spacial score (nSPS) is 16.7. The van der Waals surface area contributed by atoms with E-state index in [-0.39, 0.29) is 0 Å². The van der Waals surface area contributed by atoms with Gasteiger partial charge in [-0.25, -0.2) is 14.6 Å². The number of benzene rings is 2. The Bertz CT molecular complexity index is 1210. The molecule has 6 rings (SSSR count). The molecule has 0 N–H and O–H groups in total. The highest BCUT2D eigenvalue weighted by Crippen LogP contribution is 2.32. The van der Waals surface area contributed by atoms with Crippen LogP contribution in [0.5, 0.6) is 0 Å². The van der Waals surface area contributed by atoms with Crippen molar-refractivity contribution < 1.29 is 4.63 Å². The molecule has 2 aromatic heterocycles. The minimum atomic E-state index is 0.806. The quantitative estimate of drug-likeness (QED) is 0.508. The molecule has 0 radical (unpaired) electrons. The fraction of sp³-hybridized carbons (Fsp3) is 0.333. The van der Waals surface area contributed by atoms with Crippen LogP contribution in [-0.4, -0.2) is 51.4 Å². The molecule has 0 spiro atoms. The Kier molecular flexibility index (Phi) is 4.61. The van der Waals surface area contributed by atoms with Crippen molar-refractivity contribution in [1.29, 1.82) is 0 Å². The summed E-state index contributed by atoms with van der Waals surface area (Å²) in [6.45, 7) is 4.88. The fourth-order valence-electron chi connectivity index (χ4n) is 4.69. The predicted octanol–water partition coefficient (Wildman–Crippen LogP) is 3.49. The molecule has 0 unspecified atom stereocenters. The lowest BCUT2D eigenvalue weighted by Crippen LogP contribution is -2.46. The number of aromatic nitrogens is 4. The first-order valence-electron chi connectivity index (χ1n) is 11.0. The van der Waals surface area contributed by atoms with Crippen LogP contribution in [0.15, 0.2) is 53.2 Å². The molecule has 0 saturated carbocycles. The standard InChI is InChI=1S/C24H24N6O/c1-2-5-18(6-3-1)23-25-20-8-4-7-19(20)24(26-23)30-13-11-29(12-14-30)16-17-9-10-21-22(15-17)28-31-27-21/h1-3,5-6,9-10,15H,4,7-8,11-14,16H2. The summed E-state index contributed by atoms with van der Waals surface area (Å²) >= 11 is 0. The zero-order valence-corrected chi connectivity index (χ0v) is 17.4. The van der Waals surface area contributed by atoms with Gasteiger partial charge in [-0.05, 0) is 47.3 Å². The summed E-state index contributed by atoms with van der Waals surface area (Å²) in [6.07, 6.45) is 3.32. The van der Waals surface area contributed by atoms with E-state index in [1.807, 2.05) is 12.1 Å². The van der Waals surface area contributed by atoms with Crippen molar-refractivity contribution in [3.63, 3.8) is 0 Å². The molecule has 0 amide bonds. The lowest BCUT2D eigenvalue weighted by molar-refractivity contribution is 0.249. The van der Waals surface area contributed by atoms with E-state index in [2.05, 4.69) is 56.5 Å². The van der Waals surface area contributed by atoms with Gasteiger partial charge in [0.15, 0.2) is 5.82 Å². The van der Waals surface area contributed by atoms with E-state index in [4.69, 9.17) is 14.6 Å². The highest BCUT2D eigenvalue weighted by Gasteiger charge is 2.26. The maximum atomic E-state index is 5.05. The molecule has 1 saturated heterocycles. The lowest BCUT2D eigenvalue weighted by Gasteiger charge is -2.36. The van der Waals surface area contributed by atoms with Gasteiger partial charge in [0, 0.05) is 49.5 Å². The van der Waals surface area contributed by atoms with E-state index in [0.29, 0.717) is 0 Å². The average molecular weight is 412 g/mol. The summed E-state index contributed by atoms with van der Waals surface area (Å²) in [5.41, 5.74) is 6.56. The molecule has 1 aliphatic heterocycles. The minimum absolute atomic E-state index is 0.806. The third-order valence-electron chi connectivity index (χ3n) is 6.34. The Morgan fingerprint density at radius 2 is 1.68 bits per heavy atom. The van der Waals surface area contributed by atoms with Gasteiger partial charge in [0.25, 0.3) is 0 Å². The van der Waals surface area contributed by atoms with Gasteiger partial charge in [0.05, 0.1) is 0 Å². The van der Waals surface area contributed by atoms with Crippen LogP contribution in [-0.2, 0) is 19.4 Å². The Balaban J connectivity index is 1.20. The average Bonchev–Trinajstić information content (AvgIpc) is 3.48. The maximum absolute atomic E-state index is 5.05. The van der Waals surface area contributed by atoms with Crippen LogP contribution in [0, 0.1) is 0 Å². The summed E-state index contributed by atoms with van der Waals surface area (Å²) < 4.78 is 4.82. The highest BCUT2D eigenvalue weighted by atomic mass is 16.6. The van der Waals surface area contributed by atoms with Crippen LogP contribution < -0.4 is 4.90 Å². The van der Waals surface area contributed by atoms with Crippen LogP contribution in [0.3, 0.4) is 0 Å². The van der Waals surface area contributed by atoms with Crippen LogP contribution in [0.25, 0.3) is 22.4 Å². The SMILES string of the molecule is c1ccc(-c2nc3c(c(N4CCN(Cc5ccc6nonc6c5)CC4)n2)CCC3)cc1. The molecule has 1 fully saturated rings. The molecule has 0 bridgehead atoms. The molecule has 1 aliphatic carbocycles. The second-order valence-corrected chi connectivity index (χ2v) is 8.37. The summed E-state index contributed by atoms with van der Waals surface area (Å²) in [7, 11) is 0. The number of rotatable bonds is 4. The van der Waals surface area contributed by atoms with Gasteiger partial charge in [-0.15, -0.1) is 0 Å². The maximum Gasteiger partial charge on any atom is 0.161 e. The largest absolute Gasteiger partial charge is 0.354 e. The van der Waals surface area contributed by atoms with Gasteiger partial charge in [0.2, 0.25) is 0 Å². The Morgan fingerprint density at radius 1 is 0.839 bits per heavy atom. The second kappa shape index (κ2) is 7.74. The molecule has 4 aromatic rings. The molecule has 2 aromatic carbocycles. The number of hydrogen-bond acceptors (Lipinski definition) is 7. The highest BCUT2D eigenvalue weighted by molar-refractivity contribution is 5.73. The van der Waals surface area contributed by atoms with Gasteiger partial charge in [-0.2, -0.15) is 0 Å². The number of anilines is 1.